The SMILES string of the molecule is O=C(/N=C/c1ccc(C(F)(F)F)cc1)OCc1ccccc1. The molecule has 0 unspecified atom stereocenters. The number of carbonyl (C=O) groups is 1. The van der Waals surface area contributed by atoms with Crippen LogP contribution in [0.2, 0.25) is 0 Å². The number of ether oxygens (including phenoxy) is 1. The molecule has 0 bridgehead atoms. The van der Waals surface area contributed by atoms with Gasteiger partial charge < -0.3 is 4.74 Å². The molecule has 114 valence electrons. The van der Waals surface area contributed by atoms with Crippen molar-refractivity contribution in [3.8, 4) is 0 Å². The van der Waals surface area contributed by atoms with Crippen LogP contribution in [0, 0.1) is 0 Å². The average molecular weight is 307 g/mol. The van der Waals surface area contributed by atoms with Crippen molar-refractivity contribution >= 4 is 12.3 Å². The zero-order chi connectivity index (χ0) is 16.0. The van der Waals surface area contributed by atoms with Crippen molar-refractivity contribution in [3.05, 3.63) is 71.3 Å². The summed E-state index contributed by atoms with van der Waals surface area (Å²) in [6, 6.07) is 13.4. The summed E-state index contributed by atoms with van der Waals surface area (Å²) >= 11 is 0. The highest BCUT2D eigenvalue weighted by Gasteiger charge is 2.29. The first kappa shape index (κ1) is 15.8. The Bertz CT molecular complexity index is 649. The van der Waals surface area contributed by atoms with Gasteiger partial charge in [-0.15, -0.1) is 0 Å². The van der Waals surface area contributed by atoms with Crippen molar-refractivity contribution in [3.63, 3.8) is 0 Å². The normalized spacial score (nSPS) is 11.6. The third-order valence-electron chi connectivity index (χ3n) is 2.76. The summed E-state index contributed by atoms with van der Waals surface area (Å²) in [5.74, 6) is 0. The van der Waals surface area contributed by atoms with E-state index in [2.05, 4.69) is 4.99 Å². The van der Waals surface area contributed by atoms with Crippen LogP contribution in [-0.2, 0) is 17.5 Å². The highest BCUT2D eigenvalue weighted by Crippen LogP contribution is 2.28. The van der Waals surface area contributed by atoms with E-state index in [0.717, 1.165) is 23.9 Å². The molecule has 0 N–H and O–H groups in total. The smallest absolute Gasteiger partial charge is 0.433 e. The van der Waals surface area contributed by atoms with Crippen LogP contribution >= 0.6 is 0 Å². The summed E-state index contributed by atoms with van der Waals surface area (Å²) in [4.78, 5) is 14.9. The topological polar surface area (TPSA) is 38.7 Å². The van der Waals surface area contributed by atoms with Crippen LogP contribution in [0.5, 0.6) is 0 Å². The summed E-state index contributed by atoms with van der Waals surface area (Å²) in [6.07, 6.45) is -4.03. The van der Waals surface area contributed by atoms with E-state index in [-0.39, 0.29) is 6.61 Å². The van der Waals surface area contributed by atoms with Gasteiger partial charge in [-0.2, -0.15) is 18.2 Å². The molecular weight excluding hydrogens is 295 g/mol. The summed E-state index contributed by atoms with van der Waals surface area (Å²) in [5.41, 5.74) is 0.446. The Morgan fingerprint density at radius 2 is 1.68 bits per heavy atom. The predicted octanol–water partition coefficient (Wildman–Crippen LogP) is 4.46. The van der Waals surface area contributed by atoms with Crippen LogP contribution in [0.4, 0.5) is 18.0 Å². The molecule has 0 spiro atoms. The van der Waals surface area contributed by atoms with Crippen molar-refractivity contribution in [2.45, 2.75) is 12.8 Å². The highest BCUT2D eigenvalue weighted by molar-refractivity contribution is 5.88. The van der Waals surface area contributed by atoms with Gasteiger partial charge in [0.25, 0.3) is 0 Å². The first-order chi connectivity index (χ1) is 10.4. The third kappa shape index (κ3) is 4.73. The van der Waals surface area contributed by atoms with Gasteiger partial charge in [-0.05, 0) is 23.3 Å². The maximum absolute atomic E-state index is 12.4. The molecular formula is C16H12F3NO2. The second-order valence-electron chi connectivity index (χ2n) is 4.42. The van der Waals surface area contributed by atoms with Gasteiger partial charge in [0.2, 0.25) is 0 Å². The Hall–Kier alpha value is -2.63. The Labute approximate surface area is 125 Å². The maximum Gasteiger partial charge on any atom is 0.433 e. The van der Waals surface area contributed by atoms with Gasteiger partial charge in [-0.1, -0.05) is 42.5 Å². The van der Waals surface area contributed by atoms with Gasteiger partial charge in [-0.25, -0.2) is 4.79 Å². The number of benzene rings is 2. The lowest BCUT2D eigenvalue weighted by atomic mass is 10.1. The number of hydrogen-bond donors (Lipinski definition) is 0. The van der Waals surface area contributed by atoms with Gasteiger partial charge in [0.1, 0.15) is 6.61 Å². The molecule has 0 fully saturated rings. The minimum absolute atomic E-state index is 0.0873. The van der Waals surface area contributed by atoms with Crippen molar-refractivity contribution in [1.82, 2.24) is 0 Å². The van der Waals surface area contributed by atoms with E-state index in [0.29, 0.717) is 5.56 Å². The fourth-order valence-electron chi connectivity index (χ4n) is 1.64. The quantitative estimate of drug-likeness (QED) is 0.785. The van der Waals surface area contributed by atoms with Crippen LogP contribution in [0.25, 0.3) is 0 Å². The molecule has 0 heterocycles. The molecule has 2 aromatic carbocycles. The number of amides is 1. The van der Waals surface area contributed by atoms with Crippen molar-refractivity contribution in [1.29, 1.82) is 0 Å². The maximum atomic E-state index is 12.4. The average Bonchev–Trinajstić information content (AvgIpc) is 2.51. The van der Waals surface area contributed by atoms with Crippen LogP contribution in [-0.4, -0.2) is 12.3 Å². The number of rotatable bonds is 3. The fraction of sp³-hybridized carbons (Fsp3) is 0.125. The molecule has 0 aliphatic carbocycles. The van der Waals surface area contributed by atoms with E-state index in [1.54, 1.807) is 12.1 Å². The van der Waals surface area contributed by atoms with Crippen LogP contribution in [0.15, 0.2) is 59.6 Å². The molecule has 6 heteroatoms. The molecule has 0 aliphatic rings. The van der Waals surface area contributed by atoms with Crippen LogP contribution in [0.3, 0.4) is 0 Å². The van der Waals surface area contributed by atoms with Gasteiger partial charge in [0.05, 0.1) is 5.56 Å². The van der Waals surface area contributed by atoms with E-state index < -0.39 is 17.8 Å². The van der Waals surface area contributed by atoms with Crippen molar-refractivity contribution in [2.75, 3.05) is 0 Å². The van der Waals surface area contributed by atoms with Crippen molar-refractivity contribution in [2.24, 2.45) is 4.99 Å². The fourth-order valence-corrected chi connectivity index (χ4v) is 1.64. The van der Waals surface area contributed by atoms with Gasteiger partial charge in [-0.3, -0.25) is 0 Å². The van der Waals surface area contributed by atoms with Gasteiger partial charge >= 0.3 is 12.3 Å². The molecule has 0 radical (unpaired) electrons. The number of hydrogen-bond acceptors (Lipinski definition) is 2. The second-order valence-corrected chi connectivity index (χ2v) is 4.42. The standard InChI is InChI=1S/C16H12F3NO2/c17-16(18,19)14-8-6-12(7-9-14)10-20-15(21)22-11-13-4-2-1-3-5-13/h1-10H,11H2/b20-10+. The summed E-state index contributed by atoms with van der Waals surface area (Å²) in [5, 5.41) is 0. The Morgan fingerprint density at radius 1 is 1.05 bits per heavy atom. The Balaban J connectivity index is 1.90. The number of nitrogens with zero attached hydrogens (tertiary/aromatic N) is 1. The Kier molecular flexibility index (Phi) is 4.93. The van der Waals surface area contributed by atoms with E-state index in [1.165, 1.54) is 12.1 Å². The molecule has 0 saturated heterocycles. The first-order valence-corrected chi connectivity index (χ1v) is 6.37. The molecule has 22 heavy (non-hydrogen) atoms. The molecule has 1 amide bonds. The molecule has 2 rings (SSSR count). The number of alkyl halides is 3. The molecule has 0 saturated carbocycles. The van der Waals surface area contributed by atoms with Gasteiger partial charge in [0.15, 0.2) is 0 Å². The van der Waals surface area contributed by atoms with Crippen LogP contribution in [0.1, 0.15) is 16.7 Å². The number of aliphatic imine (C=N–C) groups is 1. The van der Waals surface area contributed by atoms with E-state index >= 15 is 0 Å². The number of carbonyl (C=O) groups excluding carboxylic acids is 1. The lowest BCUT2D eigenvalue weighted by molar-refractivity contribution is -0.137. The molecule has 0 atom stereocenters. The van der Waals surface area contributed by atoms with Crippen molar-refractivity contribution < 1.29 is 22.7 Å². The van der Waals surface area contributed by atoms with E-state index in [4.69, 9.17) is 4.74 Å². The highest BCUT2D eigenvalue weighted by atomic mass is 19.4. The molecule has 2 aromatic rings. The lowest BCUT2D eigenvalue weighted by Crippen LogP contribution is -2.04. The van der Waals surface area contributed by atoms with E-state index in [9.17, 15) is 18.0 Å². The predicted molar refractivity (Wildman–Crippen MR) is 75.7 cm³/mol. The van der Waals surface area contributed by atoms with Gasteiger partial charge in [0, 0.05) is 6.21 Å². The van der Waals surface area contributed by atoms with E-state index in [1.807, 2.05) is 18.2 Å². The third-order valence-corrected chi connectivity index (χ3v) is 2.76. The second kappa shape index (κ2) is 6.89. The van der Waals surface area contributed by atoms with Crippen LogP contribution < -0.4 is 0 Å². The summed E-state index contributed by atoms with van der Waals surface area (Å²) < 4.78 is 42.1. The molecule has 0 aliphatic heterocycles. The summed E-state index contributed by atoms with van der Waals surface area (Å²) in [6.45, 7) is 0.0873. The summed E-state index contributed by atoms with van der Waals surface area (Å²) in [7, 11) is 0. The molecule has 0 aromatic heterocycles. The largest absolute Gasteiger partial charge is 0.443 e. The minimum Gasteiger partial charge on any atom is -0.443 e. The Morgan fingerprint density at radius 3 is 2.27 bits per heavy atom. The first-order valence-electron chi connectivity index (χ1n) is 6.37. The monoisotopic (exact) mass is 307 g/mol. The lowest BCUT2D eigenvalue weighted by Gasteiger charge is -2.05. The zero-order valence-electron chi connectivity index (χ0n) is 11.4. The molecule has 3 nitrogen and oxygen atoms in total. The minimum atomic E-state index is -4.38. The zero-order valence-corrected chi connectivity index (χ0v) is 11.4. The number of halogens is 3.